The number of hydrogen-bond acceptors (Lipinski definition) is 2. The molecular formula is C11H15FN2O. The third kappa shape index (κ3) is 4.08. The average molecular weight is 210 g/mol. The lowest BCUT2D eigenvalue weighted by molar-refractivity contribution is -0.116. The lowest BCUT2D eigenvalue weighted by atomic mass is 10.3. The first-order valence-electron chi connectivity index (χ1n) is 4.99. The maximum atomic E-state index is 13.1. The van der Waals surface area contributed by atoms with Crippen molar-refractivity contribution in [2.24, 2.45) is 0 Å². The number of benzene rings is 1. The van der Waals surface area contributed by atoms with E-state index in [-0.39, 0.29) is 11.6 Å². The minimum absolute atomic E-state index is 0.180. The molecule has 0 bridgehead atoms. The van der Waals surface area contributed by atoms with Gasteiger partial charge in [0.2, 0.25) is 5.91 Å². The summed E-state index contributed by atoms with van der Waals surface area (Å²) in [5.74, 6) is -0.588. The largest absolute Gasteiger partial charge is 0.324 e. The molecule has 0 heterocycles. The van der Waals surface area contributed by atoms with E-state index >= 15 is 0 Å². The summed E-state index contributed by atoms with van der Waals surface area (Å²) in [5.41, 5.74) is 0.235. The minimum atomic E-state index is -0.408. The van der Waals surface area contributed by atoms with E-state index < -0.39 is 5.82 Å². The second kappa shape index (κ2) is 6.14. The quantitative estimate of drug-likeness (QED) is 0.727. The monoisotopic (exact) mass is 210 g/mol. The van der Waals surface area contributed by atoms with E-state index in [1.165, 1.54) is 6.07 Å². The predicted molar refractivity (Wildman–Crippen MR) is 58.2 cm³/mol. The van der Waals surface area contributed by atoms with Gasteiger partial charge in [0.05, 0.1) is 5.69 Å². The Morgan fingerprint density at radius 2 is 2.13 bits per heavy atom. The predicted octanol–water partition coefficient (Wildman–Crippen LogP) is 1.76. The Bertz CT molecular complexity index is 328. The molecule has 3 nitrogen and oxygen atoms in total. The van der Waals surface area contributed by atoms with Gasteiger partial charge in [-0.25, -0.2) is 4.39 Å². The number of halogens is 1. The topological polar surface area (TPSA) is 41.1 Å². The first-order valence-corrected chi connectivity index (χ1v) is 4.99. The number of hydrogen-bond donors (Lipinski definition) is 2. The molecule has 1 aromatic carbocycles. The Labute approximate surface area is 88.7 Å². The molecule has 0 aliphatic carbocycles. The highest BCUT2D eigenvalue weighted by Gasteiger charge is 2.04. The van der Waals surface area contributed by atoms with Gasteiger partial charge in [0, 0.05) is 13.0 Å². The van der Waals surface area contributed by atoms with Crippen molar-refractivity contribution < 1.29 is 9.18 Å². The Hall–Kier alpha value is -1.42. The van der Waals surface area contributed by atoms with Gasteiger partial charge >= 0.3 is 0 Å². The van der Waals surface area contributed by atoms with E-state index in [1.807, 2.05) is 6.92 Å². The second-order valence-electron chi connectivity index (χ2n) is 3.13. The van der Waals surface area contributed by atoms with Crippen molar-refractivity contribution in [1.82, 2.24) is 5.32 Å². The van der Waals surface area contributed by atoms with Crippen LogP contribution in [0.3, 0.4) is 0 Å². The molecule has 0 unspecified atom stereocenters. The van der Waals surface area contributed by atoms with Crippen molar-refractivity contribution in [2.45, 2.75) is 13.3 Å². The van der Waals surface area contributed by atoms with Crippen LogP contribution in [0.25, 0.3) is 0 Å². The second-order valence-corrected chi connectivity index (χ2v) is 3.13. The zero-order valence-corrected chi connectivity index (χ0v) is 8.72. The van der Waals surface area contributed by atoms with Crippen molar-refractivity contribution in [3.8, 4) is 0 Å². The molecule has 1 aromatic rings. The molecule has 0 aromatic heterocycles. The van der Waals surface area contributed by atoms with Gasteiger partial charge in [-0.3, -0.25) is 4.79 Å². The Morgan fingerprint density at radius 1 is 1.40 bits per heavy atom. The van der Waals surface area contributed by atoms with Gasteiger partial charge in [-0.1, -0.05) is 19.1 Å². The molecule has 0 aliphatic rings. The van der Waals surface area contributed by atoms with Crippen molar-refractivity contribution >= 4 is 11.6 Å². The third-order valence-electron chi connectivity index (χ3n) is 1.93. The molecule has 1 amide bonds. The van der Waals surface area contributed by atoms with E-state index in [1.54, 1.807) is 18.2 Å². The SMILES string of the molecule is CCNCCC(=O)Nc1ccccc1F. The summed E-state index contributed by atoms with van der Waals surface area (Å²) in [7, 11) is 0. The normalized spacial score (nSPS) is 10.0. The van der Waals surface area contributed by atoms with Gasteiger partial charge in [0.1, 0.15) is 5.82 Å². The summed E-state index contributed by atoms with van der Waals surface area (Å²) in [6, 6.07) is 6.13. The van der Waals surface area contributed by atoms with Crippen molar-refractivity contribution in [2.75, 3.05) is 18.4 Å². The smallest absolute Gasteiger partial charge is 0.225 e. The molecular weight excluding hydrogens is 195 g/mol. The molecule has 0 radical (unpaired) electrons. The molecule has 2 N–H and O–H groups in total. The summed E-state index contributed by atoms with van der Waals surface area (Å²) in [6.45, 7) is 3.40. The summed E-state index contributed by atoms with van der Waals surface area (Å²) in [5, 5.41) is 5.54. The van der Waals surface area contributed by atoms with E-state index in [2.05, 4.69) is 10.6 Å². The molecule has 0 atom stereocenters. The fourth-order valence-corrected chi connectivity index (χ4v) is 1.15. The van der Waals surface area contributed by atoms with Crippen LogP contribution >= 0.6 is 0 Å². The van der Waals surface area contributed by atoms with E-state index in [4.69, 9.17) is 0 Å². The van der Waals surface area contributed by atoms with Crippen LogP contribution in [-0.2, 0) is 4.79 Å². The number of amides is 1. The molecule has 82 valence electrons. The standard InChI is InChI=1S/C11H15FN2O/c1-2-13-8-7-11(15)14-10-6-4-3-5-9(10)12/h3-6,13H,2,7-8H2,1H3,(H,14,15). The van der Waals surface area contributed by atoms with Gasteiger partial charge < -0.3 is 10.6 Å². The van der Waals surface area contributed by atoms with Crippen molar-refractivity contribution in [1.29, 1.82) is 0 Å². The molecule has 0 fully saturated rings. The van der Waals surface area contributed by atoms with E-state index in [9.17, 15) is 9.18 Å². The maximum Gasteiger partial charge on any atom is 0.225 e. The zero-order valence-electron chi connectivity index (χ0n) is 8.72. The molecule has 15 heavy (non-hydrogen) atoms. The summed E-state index contributed by atoms with van der Waals surface area (Å²) < 4.78 is 13.1. The van der Waals surface area contributed by atoms with E-state index in [0.29, 0.717) is 13.0 Å². The van der Waals surface area contributed by atoms with Crippen LogP contribution in [-0.4, -0.2) is 19.0 Å². The Kier molecular flexibility index (Phi) is 4.77. The lowest BCUT2D eigenvalue weighted by Crippen LogP contribution is -2.21. The fraction of sp³-hybridized carbons (Fsp3) is 0.364. The van der Waals surface area contributed by atoms with E-state index in [0.717, 1.165) is 6.54 Å². The minimum Gasteiger partial charge on any atom is -0.324 e. The van der Waals surface area contributed by atoms with Crippen LogP contribution in [0.5, 0.6) is 0 Å². The van der Waals surface area contributed by atoms with Crippen LogP contribution in [0.1, 0.15) is 13.3 Å². The van der Waals surface area contributed by atoms with Gasteiger partial charge in [0.15, 0.2) is 0 Å². The molecule has 0 aliphatic heterocycles. The maximum absolute atomic E-state index is 13.1. The highest BCUT2D eigenvalue weighted by Crippen LogP contribution is 2.12. The number of para-hydroxylation sites is 1. The summed E-state index contributed by atoms with van der Waals surface area (Å²) >= 11 is 0. The number of rotatable bonds is 5. The van der Waals surface area contributed by atoms with Gasteiger partial charge in [-0.15, -0.1) is 0 Å². The zero-order chi connectivity index (χ0) is 11.1. The van der Waals surface area contributed by atoms with Crippen LogP contribution in [0, 0.1) is 5.82 Å². The van der Waals surface area contributed by atoms with Gasteiger partial charge in [-0.2, -0.15) is 0 Å². The van der Waals surface area contributed by atoms with Crippen LogP contribution in [0.2, 0.25) is 0 Å². The van der Waals surface area contributed by atoms with Crippen molar-refractivity contribution in [3.05, 3.63) is 30.1 Å². The van der Waals surface area contributed by atoms with Crippen molar-refractivity contribution in [3.63, 3.8) is 0 Å². The van der Waals surface area contributed by atoms with Crippen LogP contribution < -0.4 is 10.6 Å². The molecule has 1 rings (SSSR count). The first-order chi connectivity index (χ1) is 7.24. The van der Waals surface area contributed by atoms with Gasteiger partial charge in [-0.05, 0) is 18.7 Å². The summed E-state index contributed by atoms with van der Waals surface area (Å²) in [6.07, 6.45) is 0.349. The first kappa shape index (κ1) is 11.7. The highest BCUT2D eigenvalue weighted by atomic mass is 19.1. The average Bonchev–Trinajstić information content (AvgIpc) is 2.22. The van der Waals surface area contributed by atoms with Crippen LogP contribution in [0.15, 0.2) is 24.3 Å². The molecule has 0 spiro atoms. The fourth-order valence-electron chi connectivity index (χ4n) is 1.15. The number of carbonyl (C=O) groups is 1. The number of carbonyl (C=O) groups excluding carboxylic acids is 1. The highest BCUT2D eigenvalue weighted by molar-refractivity contribution is 5.90. The molecule has 0 saturated heterocycles. The van der Waals surface area contributed by atoms with Crippen LogP contribution in [0.4, 0.5) is 10.1 Å². The lowest BCUT2D eigenvalue weighted by Gasteiger charge is -2.05. The number of nitrogens with one attached hydrogen (secondary N) is 2. The number of anilines is 1. The molecule has 0 saturated carbocycles. The molecule has 4 heteroatoms. The third-order valence-corrected chi connectivity index (χ3v) is 1.93. The Balaban J connectivity index is 2.41. The Morgan fingerprint density at radius 3 is 2.80 bits per heavy atom. The summed E-state index contributed by atoms with van der Waals surface area (Å²) in [4.78, 5) is 11.3. The van der Waals surface area contributed by atoms with Gasteiger partial charge in [0.25, 0.3) is 0 Å².